The van der Waals surface area contributed by atoms with Crippen LogP contribution in [0.5, 0.6) is 0 Å². The van der Waals surface area contributed by atoms with Crippen molar-refractivity contribution in [3.8, 4) is 16.7 Å². The van der Waals surface area contributed by atoms with Crippen LogP contribution in [-0.4, -0.2) is 23.3 Å². The number of benzene rings is 1. The van der Waals surface area contributed by atoms with Gasteiger partial charge in [-0.2, -0.15) is 5.26 Å². The number of hydrogen-bond donors (Lipinski definition) is 0. The molecule has 0 unspecified atom stereocenters. The Balaban J connectivity index is 1.54. The van der Waals surface area contributed by atoms with Crippen LogP contribution in [0, 0.1) is 11.3 Å². The largest absolute Gasteiger partial charge is 0.456 e. The van der Waals surface area contributed by atoms with Gasteiger partial charge in [0.05, 0.1) is 9.58 Å². The SMILES string of the molecule is CCN1C(=O)C(C#N)=C(C)/C(=C/c2cc3sc(-c4cc5ccccc5o4)cc3o2)C1=O. The molecule has 0 N–H and O–H groups in total. The van der Waals surface area contributed by atoms with Crippen molar-refractivity contribution in [2.75, 3.05) is 6.54 Å². The number of likely N-dealkylation sites (N-methyl/N-ethyl adjacent to an activating group) is 1. The van der Waals surface area contributed by atoms with Gasteiger partial charge in [0, 0.05) is 29.6 Å². The summed E-state index contributed by atoms with van der Waals surface area (Å²) in [4.78, 5) is 27.1. The molecular formula is C24H16N2O4S. The number of amides is 2. The molecule has 152 valence electrons. The fraction of sp³-hybridized carbons (Fsp3) is 0.125. The van der Waals surface area contributed by atoms with E-state index in [4.69, 9.17) is 8.83 Å². The van der Waals surface area contributed by atoms with Gasteiger partial charge in [-0.05, 0) is 37.6 Å². The third kappa shape index (κ3) is 3.00. The minimum absolute atomic E-state index is 0.0201. The van der Waals surface area contributed by atoms with Crippen molar-refractivity contribution >= 4 is 50.5 Å². The molecule has 6 nitrogen and oxygen atoms in total. The number of rotatable bonds is 3. The quantitative estimate of drug-likeness (QED) is 0.317. The van der Waals surface area contributed by atoms with Gasteiger partial charge in [0.1, 0.15) is 34.3 Å². The highest BCUT2D eigenvalue weighted by Gasteiger charge is 2.34. The molecule has 1 aromatic carbocycles. The summed E-state index contributed by atoms with van der Waals surface area (Å²) in [6.45, 7) is 3.51. The van der Waals surface area contributed by atoms with E-state index in [1.807, 2.05) is 48.5 Å². The first-order valence-electron chi connectivity index (χ1n) is 9.71. The van der Waals surface area contributed by atoms with Crippen molar-refractivity contribution in [2.24, 2.45) is 0 Å². The summed E-state index contributed by atoms with van der Waals surface area (Å²) in [6.07, 6.45) is 1.59. The number of fused-ring (bicyclic) bond motifs is 2. The second-order valence-electron chi connectivity index (χ2n) is 7.16. The van der Waals surface area contributed by atoms with Gasteiger partial charge in [-0.25, -0.2) is 0 Å². The van der Waals surface area contributed by atoms with Crippen LogP contribution >= 0.6 is 11.3 Å². The lowest BCUT2D eigenvalue weighted by molar-refractivity contribution is -0.140. The average Bonchev–Trinajstić information content (AvgIpc) is 3.44. The number of nitriles is 1. The van der Waals surface area contributed by atoms with Gasteiger partial charge in [0.15, 0.2) is 0 Å². The van der Waals surface area contributed by atoms with Gasteiger partial charge in [-0.15, -0.1) is 11.3 Å². The smallest absolute Gasteiger partial charge is 0.271 e. The molecule has 0 atom stereocenters. The van der Waals surface area contributed by atoms with E-state index in [0.717, 1.165) is 31.2 Å². The van der Waals surface area contributed by atoms with Gasteiger partial charge in [0.25, 0.3) is 11.8 Å². The number of nitrogens with zero attached hydrogens (tertiary/aromatic N) is 2. The summed E-state index contributed by atoms with van der Waals surface area (Å²) in [7, 11) is 0. The van der Waals surface area contributed by atoms with Crippen molar-refractivity contribution in [2.45, 2.75) is 13.8 Å². The van der Waals surface area contributed by atoms with Crippen LogP contribution in [0.25, 0.3) is 38.0 Å². The van der Waals surface area contributed by atoms with E-state index in [1.54, 1.807) is 19.9 Å². The minimum atomic E-state index is -0.555. The molecule has 0 radical (unpaired) electrons. The molecule has 7 heteroatoms. The summed E-state index contributed by atoms with van der Waals surface area (Å²) < 4.78 is 12.8. The lowest BCUT2D eigenvalue weighted by Crippen LogP contribution is -2.42. The van der Waals surface area contributed by atoms with Crippen LogP contribution in [0.15, 0.2) is 68.0 Å². The van der Waals surface area contributed by atoms with Crippen LogP contribution in [0.3, 0.4) is 0 Å². The highest BCUT2D eigenvalue weighted by atomic mass is 32.1. The lowest BCUT2D eigenvalue weighted by Gasteiger charge is -2.25. The van der Waals surface area contributed by atoms with Gasteiger partial charge in [0.2, 0.25) is 0 Å². The van der Waals surface area contributed by atoms with E-state index in [0.29, 0.717) is 16.9 Å². The lowest BCUT2D eigenvalue weighted by atomic mass is 9.95. The maximum Gasteiger partial charge on any atom is 0.271 e. The zero-order chi connectivity index (χ0) is 21.7. The number of imide groups is 1. The number of thiophene rings is 1. The molecule has 5 rings (SSSR count). The third-order valence-electron chi connectivity index (χ3n) is 5.32. The second-order valence-corrected chi connectivity index (χ2v) is 8.24. The molecule has 1 aliphatic heterocycles. The highest BCUT2D eigenvalue weighted by molar-refractivity contribution is 7.22. The second kappa shape index (κ2) is 7.11. The Hall–Kier alpha value is -3.89. The number of para-hydroxylation sites is 1. The predicted octanol–water partition coefficient (Wildman–Crippen LogP) is 5.52. The molecule has 2 amide bonds. The van der Waals surface area contributed by atoms with Crippen LogP contribution in [-0.2, 0) is 9.59 Å². The topological polar surface area (TPSA) is 87.4 Å². The molecule has 0 fully saturated rings. The molecule has 0 saturated carbocycles. The molecule has 0 bridgehead atoms. The first-order chi connectivity index (χ1) is 15.0. The Morgan fingerprint density at radius 1 is 1.10 bits per heavy atom. The van der Waals surface area contributed by atoms with Crippen molar-refractivity contribution in [3.63, 3.8) is 0 Å². The third-order valence-corrected chi connectivity index (χ3v) is 6.40. The van der Waals surface area contributed by atoms with E-state index in [9.17, 15) is 14.9 Å². The van der Waals surface area contributed by atoms with Gasteiger partial charge >= 0.3 is 0 Å². The molecule has 4 heterocycles. The Bertz CT molecular complexity index is 1420. The van der Waals surface area contributed by atoms with E-state index < -0.39 is 11.8 Å². The number of carbonyl (C=O) groups is 2. The van der Waals surface area contributed by atoms with Gasteiger partial charge in [-0.3, -0.25) is 14.5 Å². The summed E-state index contributed by atoms with van der Waals surface area (Å²) in [5.74, 6) is 0.282. The van der Waals surface area contributed by atoms with Crippen molar-refractivity contribution in [3.05, 3.63) is 64.9 Å². The zero-order valence-corrected chi connectivity index (χ0v) is 17.6. The Morgan fingerprint density at radius 2 is 1.90 bits per heavy atom. The fourth-order valence-electron chi connectivity index (χ4n) is 3.71. The monoisotopic (exact) mass is 428 g/mol. The standard InChI is InChI=1S/C24H16N2O4S/c1-3-26-23(27)16(13(2)17(12-25)24(26)28)9-15-10-21-20(29-15)11-22(31-21)19-8-14-6-4-5-7-18(14)30-19/h4-11H,3H2,1-2H3/b16-9-. The molecule has 3 aromatic heterocycles. The first kappa shape index (κ1) is 19.1. The van der Waals surface area contributed by atoms with Gasteiger partial charge < -0.3 is 8.83 Å². The average molecular weight is 428 g/mol. The first-order valence-corrected chi connectivity index (χ1v) is 10.5. The molecule has 0 aliphatic carbocycles. The molecular weight excluding hydrogens is 412 g/mol. The van der Waals surface area contributed by atoms with Crippen molar-refractivity contribution < 1.29 is 18.4 Å². The molecule has 4 aromatic rings. The van der Waals surface area contributed by atoms with Crippen LogP contribution in [0.1, 0.15) is 19.6 Å². The number of furan rings is 2. The number of carbonyl (C=O) groups excluding carboxylic acids is 2. The summed E-state index contributed by atoms with van der Waals surface area (Å²) in [5.41, 5.74) is 2.14. The maximum atomic E-state index is 12.8. The van der Waals surface area contributed by atoms with Crippen molar-refractivity contribution in [1.29, 1.82) is 5.26 Å². The zero-order valence-electron chi connectivity index (χ0n) is 16.8. The highest BCUT2D eigenvalue weighted by Crippen LogP contribution is 2.38. The van der Waals surface area contributed by atoms with Crippen LogP contribution < -0.4 is 0 Å². The minimum Gasteiger partial charge on any atom is -0.456 e. The molecule has 0 saturated heterocycles. The predicted molar refractivity (Wildman–Crippen MR) is 118 cm³/mol. The van der Waals surface area contributed by atoms with Crippen LogP contribution in [0.4, 0.5) is 0 Å². The Kier molecular flexibility index (Phi) is 4.38. The van der Waals surface area contributed by atoms with E-state index >= 15 is 0 Å². The summed E-state index contributed by atoms with van der Waals surface area (Å²) in [6, 6.07) is 15.5. The van der Waals surface area contributed by atoms with E-state index in [1.165, 1.54) is 11.3 Å². The Labute approximate surface area is 181 Å². The summed E-state index contributed by atoms with van der Waals surface area (Å²) >= 11 is 1.53. The number of hydrogen-bond acceptors (Lipinski definition) is 6. The fourth-order valence-corrected chi connectivity index (χ4v) is 4.69. The molecule has 31 heavy (non-hydrogen) atoms. The van der Waals surface area contributed by atoms with Crippen molar-refractivity contribution in [1.82, 2.24) is 4.90 Å². The summed E-state index contributed by atoms with van der Waals surface area (Å²) in [5, 5.41) is 10.4. The van der Waals surface area contributed by atoms with E-state index in [-0.39, 0.29) is 17.7 Å². The maximum absolute atomic E-state index is 12.8. The van der Waals surface area contributed by atoms with Crippen LogP contribution in [0.2, 0.25) is 0 Å². The van der Waals surface area contributed by atoms with Gasteiger partial charge in [-0.1, -0.05) is 18.2 Å². The normalized spacial score (nSPS) is 16.2. The molecule has 0 spiro atoms. The van der Waals surface area contributed by atoms with E-state index in [2.05, 4.69) is 0 Å². The molecule has 1 aliphatic rings. The Morgan fingerprint density at radius 3 is 2.61 bits per heavy atom.